The van der Waals surface area contributed by atoms with Gasteiger partial charge in [0.15, 0.2) is 6.10 Å². The second-order valence-corrected chi connectivity index (χ2v) is 7.14. The van der Waals surface area contributed by atoms with Crippen molar-refractivity contribution in [3.8, 4) is 5.75 Å². The predicted octanol–water partition coefficient (Wildman–Crippen LogP) is 2.07. The molecule has 28 heavy (non-hydrogen) atoms. The molecule has 0 unspecified atom stereocenters. The van der Waals surface area contributed by atoms with E-state index in [1.54, 1.807) is 37.2 Å². The molecule has 2 aliphatic rings. The molecule has 4 rings (SSSR count). The Balaban J connectivity index is 1.68. The second kappa shape index (κ2) is 6.99. The molecule has 0 fully saturated rings. The number of aryl methyl sites for hydroxylation is 1. The smallest absolute Gasteiger partial charge is 0.265 e. The van der Waals surface area contributed by atoms with Gasteiger partial charge in [0.2, 0.25) is 5.91 Å². The molecule has 144 valence electrons. The predicted molar refractivity (Wildman–Crippen MR) is 105 cm³/mol. The minimum absolute atomic E-state index is 0.0151. The van der Waals surface area contributed by atoms with Crippen LogP contribution in [0.1, 0.15) is 22.3 Å². The van der Waals surface area contributed by atoms with Crippen molar-refractivity contribution in [2.24, 2.45) is 0 Å². The number of rotatable bonds is 2. The number of carbonyl (C=O) groups is 3. The summed E-state index contributed by atoms with van der Waals surface area (Å²) in [5.41, 5.74) is 2.84. The highest BCUT2D eigenvalue weighted by Crippen LogP contribution is 2.35. The number of benzene rings is 2. The van der Waals surface area contributed by atoms with Crippen LogP contribution in [0.15, 0.2) is 42.5 Å². The van der Waals surface area contributed by atoms with E-state index in [0.717, 1.165) is 11.3 Å². The Bertz CT molecular complexity index is 970. The second-order valence-electron chi connectivity index (χ2n) is 7.14. The van der Waals surface area contributed by atoms with Crippen LogP contribution < -0.4 is 15.0 Å². The number of anilines is 2. The molecule has 2 aromatic carbocycles. The summed E-state index contributed by atoms with van der Waals surface area (Å²) < 4.78 is 5.84. The number of fused-ring (bicyclic) bond motifs is 2. The number of ether oxygens (including phenoxy) is 1. The Morgan fingerprint density at radius 3 is 2.71 bits per heavy atom. The monoisotopic (exact) mass is 379 g/mol. The highest BCUT2D eigenvalue weighted by molar-refractivity contribution is 6.08. The minimum Gasteiger partial charge on any atom is -0.476 e. The van der Waals surface area contributed by atoms with Gasteiger partial charge in [0.05, 0.1) is 12.2 Å². The zero-order chi connectivity index (χ0) is 19.8. The fourth-order valence-corrected chi connectivity index (χ4v) is 3.52. The molecule has 2 aromatic rings. The summed E-state index contributed by atoms with van der Waals surface area (Å²) in [5.74, 6) is 0.0960. The van der Waals surface area contributed by atoms with Gasteiger partial charge in [-0.25, -0.2) is 0 Å². The standard InChI is InChI=1S/C21H21N3O4/c1-23(2)21(27)18-12-24(16-5-3-4-6-17(16)28-18)20(26)14-7-9-15-13(11-14)8-10-19(25)22-15/h3-7,9,11,18H,8,10,12H2,1-2H3,(H,22,25)/t18-/m0/s1. The van der Waals surface area contributed by atoms with Gasteiger partial charge in [-0.2, -0.15) is 0 Å². The summed E-state index contributed by atoms with van der Waals surface area (Å²) in [7, 11) is 3.33. The Hall–Kier alpha value is -3.35. The van der Waals surface area contributed by atoms with Gasteiger partial charge in [-0.15, -0.1) is 0 Å². The Kier molecular flexibility index (Phi) is 4.50. The van der Waals surface area contributed by atoms with Gasteiger partial charge in [0, 0.05) is 31.8 Å². The average Bonchev–Trinajstić information content (AvgIpc) is 2.71. The lowest BCUT2D eigenvalue weighted by atomic mass is 9.99. The molecule has 0 radical (unpaired) electrons. The zero-order valence-corrected chi connectivity index (χ0v) is 15.8. The molecule has 0 aromatic heterocycles. The lowest BCUT2D eigenvalue weighted by Gasteiger charge is -2.35. The molecule has 0 aliphatic carbocycles. The first-order chi connectivity index (χ1) is 13.4. The molecule has 0 bridgehead atoms. The topological polar surface area (TPSA) is 79.0 Å². The fourth-order valence-electron chi connectivity index (χ4n) is 3.52. The zero-order valence-electron chi connectivity index (χ0n) is 15.8. The maximum atomic E-state index is 13.3. The summed E-state index contributed by atoms with van der Waals surface area (Å²) in [6.07, 6.45) is 0.250. The molecule has 3 amide bonds. The van der Waals surface area contributed by atoms with E-state index >= 15 is 0 Å². The van der Waals surface area contributed by atoms with E-state index in [1.807, 2.05) is 24.3 Å². The highest BCUT2D eigenvalue weighted by atomic mass is 16.5. The van der Waals surface area contributed by atoms with E-state index < -0.39 is 6.10 Å². The number of nitrogens with one attached hydrogen (secondary N) is 1. The third kappa shape index (κ3) is 3.19. The Morgan fingerprint density at radius 2 is 1.93 bits per heavy atom. The largest absolute Gasteiger partial charge is 0.476 e. The van der Waals surface area contributed by atoms with Crippen molar-refractivity contribution in [1.29, 1.82) is 0 Å². The van der Waals surface area contributed by atoms with E-state index in [1.165, 1.54) is 4.90 Å². The van der Waals surface area contributed by atoms with Gasteiger partial charge in [0.1, 0.15) is 5.75 Å². The summed E-state index contributed by atoms with van der Waals surface area (Å²) in [5, 5.41) is 2.82. The van der Waals surface area contributed by atoms with Gasteiger partial charge < -0.3 is 19.9 Å². The fraction of sp³-hybridized carbons (Fsp3) is 0.286. The summed E-state index contributed by atoms with van der Waals surface area (Å²) in [4.78, 5) is 40.4. The molecule has 7 nitrogen and oxygen atoms in total. The van der Waals surface area contributed by atoms with Crippen LogP contribution in [-0.2, 0) is 16.0 Å². The summed E-state index contributed by atoms with van der Waals surface area (Å²) in [6.45, 7) is 0.140. The molecule has 1 atom stereocenters. The van der Waals surface area contributed by atoms with Crippen LogP contribution in [0.25, 0.3) is 0 Å². The first kappa shape index (κ1) is 18.0. The van der Waals surface area contributed by atoms with Crippen LogP contribution in [0.3, 0.4) is 0 Å². The molecular weight excluding hydrogens is 358 g/mol. The molecule has 2 heterocycles. The lowest BCUT2D eigenvalue weighted by molar-refractivity contribution is -0.135. The Morgan fingerprint density at radius 1 is 1.14 bits per heavy atom. The Labute approximate surface area is 162 Å². The van der Waals surface area contributed by atoms with Crippen molar-refractivity contribution < 1.29 is 19.1 Å². The third-order valence-electron chi connectivity index (χ3n) is 4.98. The number of para-hydroxylation sites is 2. The van der Waals surface area contributed by atoms with E-state index in [4.69, 9.17) is 4.74 Å². The number of nitrogens with zero attached hydrogens (tertiary/aromatic N) is 2. The van der Waals surface area contributed by atoms with E-state index in [2.05, 4.69) is 5.32 Å². The third-order valence-corrected chi connectivity index (χ3v) is 4.98. The minimum atomic E-state index is -0.759. The van der Waals surface area contributed by atoms with Crippen LogP contribution in [0.5, 0.6) is 5.75 Å². The van der Waals surface area contributed by atoms with E-state index in [9.17, 15) is 14.4 Å². The summed E-state index contributed by atoms with van der Waals surface area (Å²) >= 11 is 0. The number of hydrogen-bond donors (Lipinski definition) is 1. The summed E-state index contributed by atoms with van der Waals surface area (Å²) in [6, 6.07) is 12.5. The number of hydrogen-bond acceptors (Lipinski definition) is 4. The van der Waals surface area contributed by atoms with Crippen LogP contribution in [0, 0.1) is 0 Å². The van der Waals surface area contributed by atoms with Crippen molar-refractivity contribution in [1.82, 2.24) is 4.90 Å². The molecule has 0 saturated heterocycles. The van der Waals surface area contributed by atoms with Gasteiger partial charge in [-0.3, -0.25) is 14.4 Å². The van der Waals surface area contributed by atoms with Crippen LogP contribution in [0.4, 0.5) is 11.4 Å². The SMILES string of the molecule is CN(C)C(=O)[C@@H]1CN(C(=O)c2ccc3c(c2)CCC(=O)N3)c2ccccc2O1. The van der Waals surface area contributed by atoms with Crippen LogP contribution in [-0.4, -0.2) is 49.4 Å². The lowest BCUT2D eigenvalue weighted by Crippen LogP contribution is -2.50. The quantitative estimate of drug-likeness (QED) is 0.866. The molecule has 7 heteroatoms. The van der Waals surface area contributed by atoms with Crippen molar-refractivity contribution in [3.63, 3.8) is 0 Å². The first-order valence-electron chi connectivity index (χ1n) is 9.15. The molecular formula is C21H21N3O4. The molecule has 0 saturated carbocycles. The maximum absolute atomic E-state index is 13.3. The van der Waals surface area contributed by atoms with Gasteiger partial charge in [-0.1, -0.05) is 12.1 Å². The molecule has 1 N–H and O–H groups in total. The van der Waals surface area contributed by atoms with Gasteiger partial charge >= 0.3 is 0 Å². The highest BCUT2D eigenvalue weighted by Gasteiger charge is 2.35. The number of amides is 3. The molecule has 0 spiro atoms. The molecule has 2 aliphatic heterocycles. The van der Waals surface area contributed by atoms with E-state index in [0.29, 0.717) is 29.8 Å². The van der Waals surface area contributed by atoms with Gasteiger partial charge in [0.25, 0.3) is 11.8 Å². The number of likely N-dealkylation sites (N-methyl/N-ethyl adjacent to an activating group) is 1. The van der Waals surface area contributed by atoms with Crippen LogP contribution >= 0.6 is 0 Å². The van der Waals surface area contributed by atoms with Crippen molar-refractivity contribution in [3.05, 3.63) is 53.6 Å². The normalized spacial score (nSPS) is 17.7. The van der Waals surface area contributed by atoms with E-state index in [-0.39, 0.29) is 24.3 Å². The van der Waals surface area contributed by atoms with Gasteiger partial charge in [-0.05, 0) is 42.3 Å². The number of carbonyl (C=O) groups excluding carboxylic acids is 3. The maximum Gasteiger partial charge on any atom is 0.265 e. The van der Waals surface area contributed by atoms with Crippen molar-refractivity contribution in [2.45, 2.75) is 18.9 Å². The first-order valence-corrected chi connectivity index (χ1v) is 9.15. The van der Waals surface area contributed by atoms with Crippen molar-refractivity contribution in [2.75, 3.05) is 30.9 Å². The van der Waals surface area contributed by atoms with Crippen LogP contribution in [0.2, 0.25) is 0 Å². The van der Waals surface area contributed by atoms with Crippen molar-refractivity contribution >= 4 is 29.1 Å². The average molecular weight is 379 g/mol.